The van der Waals surface area contributed by atoms with Gasteiger partial charge in [0.25, 0.3) is 5.91 Å². The number of hydrogen-bond donors (Lipinski definition) is 3. The average Bonchev–Trinajstić information content (AvgIpc) is 2.68. The predicted molar refractivity (Wildman–Crippen MR) is 111 cm³/mol. The van der Waals surface area contributed by atoms with Crippen molar-refractivity contribution in [3.05, 3.63) is 77.9 Å². The van der Waals surface area contributed by atoms with E-state index in [1.165, 1.54) is 0 Å². The average molecular weight is 376 g/mol. The molecule has 0 spiro atoms. The van der Waals surface area contributed by atoms with Gasteiger partial charge in [-0.05, 0) is 48.4 Å². The zero-order chi connectivity index (χ0) is 20.1. The molecule has 0 saturated heterocycles. The van der Waals surface area contributed by atoms with Crippen LogP contribution in [0.25, 0.3) is 10.8 Å². The summed E-state index contributed by atoms with van der Waals surface area (Å²) in [6.07, 6.45) is 0.209. The van der Waals surface area contributed by atoms with Crippen LogP contribution in [0.5, 0.6) is 0 Å². The normalized spacial score (nSPS) is 11.2. The van der Waals surface area contributed by atoms with Gasteiger partial charge in [0.2, 0.25) is 5.91 Å². The fourth-order valence-electron chi connectivity index (χ4n) is 2.97. The molecular weight excluding hydrogens is 352 g/mol. The quantitative estimate of drug-likeness (QED) is 0.616. The number of fused-ring (bicyclic) bond motifs is 1. The minimum Gasteiger partial charge on any atom is -0.394 e. The molecule has 3 rings (SSSR count). The molecule has 28 heavy (non-hydrogen) atoms. The van der Waals surface area contributed by atoms with E-state index < -0.39 is 5.54 Å². The predicted octanol–water partition coefficient (Wildman–Crippen LogP) is 3.52. The van der Waals surface area contributed by atoms with E-state index in [0.29, 0.717) is 11.3 Å². The Balaban J connectivity index is 1.67. The van der Waals surface area contributed by atoms with Crippen LogP contribution in [0.4, 0.5) is 5.69 Å². The number of rotatable bonds is 6. The van der Waals surface area contributed by atoms with E-state index in [2.05, 4.69) is 10.6 Å². The summed E-state index contributed by atoms with van der Waals surface area (Å²) in [6, 6.07) is 20.6. The van der Waals surface area contributed by atoms with Crippen LogP contribution in [-0.4, -0.2) is 29.1 Å². The number of anilines is 1. The Labute approximate surface area is 164 Å². The minimum absolute atomic E-state index is 0.127. The third-order valence-electron chi connectivity index (χ3n) is 4.48. The third-order valence-corrected chi connectivity index (χ3v) is 4.48. The molecule has 0 heterocycles. The molecule has 0 bridgehead atoms. The summed E-state index contributed by atoms with van der Waals surface area (Å²) in [5.74, 6) is -0.335. The molecule has 0 saturated carbocycles. The Morgan fingerprint density at radius 2 is 1.61 bits per heavy atom. The molecule has 3 aromatic rings. The maximum atomic E-state index is 12.7. The number of carbonyl (C=O) groups is 2. The Bertz CT molecular complexity index is 989. The maximum Gasteiger partial charge on any atom is 0.256 e. The molecule has 0 fully saturated rings. The van der Waals surface area contributed by atoms with Crippen LogP contribution >= 0.6 is 0 Å². The lowest BCUT2D eigenvalue weighted by Gasteiger charge is -2.23. The Morgan fingerprint density at radius 3 is 2.32 bits per heavy atom. The van der Waals surface area contributed by atoms with Gasteiger partial charge in [0, 0.05) is 11.3 Å². The van der Waals surface area contributed by atoms with Gasteiger partial charge in [-0.3, -0.25) is 9.59 Å². The van der Waals surface area contributed by atoms with E-state index in [9.17, 15) is 14.7 Å². The molecule has 0 unspecified atom stereocenters. The first-order chi connectivity index (χ1) is 13.4. The van der Waals surface area contributed by atoms with Crippen LogP contribution in [0.1, 0.15) is 29.8 Å². The van der Waals surface area contributed by atoms with E-state index in [1.54, 1.807) is 32.0 Å². The fraction of sp³-hybridized carbons (Fsp3) is 0.217. The van der Waals surface area contributed by atoms with E-state index in [0.717, 1.165) is 16.3 Å². The van der Waals surface area contributed by atoms with Crippen LogP contribution in [0.3, 0.4) is 0 Å². The Hall–Kier alpha value is -3.18. The summed E-state index contributed by atoms with van der Waals surface area (Å²) in [5, 5.41) is 16.8. The Morgan fingerprint density at radius 1 is 0.929 bits per heavy atom. The second-order valence-corrected chi connectivity index (χ2v) is 7.44. The zero-order valence-electron chi connectivity index (χ0n) is 16.0. The van der Waals surface area contributed by atoms with Crippen molar-refractivity contribution >= 4 is 28.3 Å². The van der Waals surface area contributed by atoms with Gasteiger partial charge in [0.15, 0.2) is 0 Å². The maximum absolute atomic E-state index is 12.7. The molecule has 5 heteroatoms. The molecule has 0 aromatic heterocycles. The van der Waals surface area contributed by atoms with Crippen molar-refractivity contribution in [2.45, 2.75) is 25.8 Å². The van der Waals surface area contributed by atoms with Gasteiger partial charge in [-0.25, -0.2) is 0 Å². The molecule has 0 aliphatic carbocycles. The van der Waals surface area contributed by atoms with Crippen LogP contribution < -0.4 is 10.6 Å². The second-order valence-electron chi connectivity index (χ2n) is 7.44. The van der Waals surface area contributed by atoms with Crippen molar-refractivity contribution in [3.8, 4) is 0 Å². The van der Waals surface area contributed by atoms with Crippen LogP contribution in [0.15, 0.2) is 66.7 Å². The third kappa shape index (κ3) is 4.75. The van der Waals surface area contributed by atoms with Gasteiger partial charge in [0.1, 0.15) is 0 Å². The number of amides is 2. The number of carbonyl (C=O) groups excluding carboxylic acids is 2. The van der Waals surface area contributed by atoms with Crippen LogP contribution in [-0.2, 0) is 11.2 Å². The van der Waals surface area contributed by atoms with Gasteiger partial charge in [0.05, 0.1) is 18.6 Å². The fourth-order valence-corrected chi connectivity index (χ4v) is 2.97. The van der Waals surface area contributed by atoms with Crippen molar-refractivity contribution in [3.63, 3.8) is 0 Å². The Kier molecular flexibility index (Phi) is 5.76. The summed E-state index contributed by atoms with van der Waals surface area (Å²) < 4.78 is 0. The summed E-state index contributed by atoms with van der Waals surface area (Å²) in [4.78, 5) is 24.7. The highest BCUT2D eigenvalue weighted by molar-refractivity contribution is 6.12. The minimum atomic E-state index is -0.649. The van der Waals surface area contributed by atoms with Gasteiger partial charge < -0.3 is 15.7 Å². The number of hydrogen-bond acceptors (Lipinski definition) is 3. The van der Waals surface area contributed by atoms with Crippen LogP contribution in [0, 0.1) is 0 Å². The molecule has 5 nitrogen and oxygen atoms in total. The molecule has 0 radical (unpaired) electrons. The lowest BCUT2D eigenvalue weighted by Crippen LogP contribution is -2.46. The first-order valence-corrected chi connectivity index (χ1v) is 9.18. The standard InChI is InChI=1S/C23H24N2O3/c1-23(2,15-26)25-21(27)14-16-10-12-18(13-11-16)24-22(28)20-9-5-7-17-6-3-4-8-19(17)20/h3-13,26H,14-15H2,1-2H3,(H,24,28)(H,25,27). The van der Waals surface area contributed by atoms with Crippen LogP contribution in [0.2, 0.25) is 0 Å². The number of nitrogens with one attached hydrogen (secondary N) is 2. The van der Waals surface area contributed by atoms with E-state index in [1.807, 2.05) is 48.5 Å². The summed E-state index contributed by atoms with van der Waals surface area (Å²) in [5.41, 5.74) is 1.46. The second kappa shape index (κ2) is 8.23. The van der Waals surface area contributed by atoms with Crippen molar-refractivity contribution in [1.82, 2.24) is 5.32 Å². The summed E-state index contributed by atoms with van der Waals surface area (Å²) in [6.45, 7) is 3.39. The van der Waals surface area contributed by atoms with Crippen molar-refractivity contribution < 1.29 is 14.7 Å². The number of benzene rings is 3. The lowest BCUT2D eigenvalue weighted by molar-refractivity contribution is -0.122. The number of aliphatic hydroxyl groups excluding tert-OH is 1. The van der Waals surface area contributed by atoms with Crippen molar-refractivity contribution in [1.29, 1.82) is 0 Å². The smallest absolute Gasteiger partial charge is 0.256 e. The van der Waals surface area contributed by atoms with Gasteiger partial charge in [-0.15, -0.1) is 0 Å². The molecule has 2 amide bonds. The first kappa shape index (κ1) is 19.6. The molecule has 0 aliphatic rings. The van der Waals surface area contributed by atoms with Crippen molar-refractivity contribution in [2.24, 2.45) is 0 Å². The highest BCUT2D eigenvalue weighted by atomic mass is 16.3. The number of aliphatic hydroxyl groups is 1. The van der Waals surface area contributed by atoms with Gasteiger partial charge in [-0.2, -0.15) is 0 Å². The SMILES string of the molecule is CC(C)(CO)NC(=O)Cc1ccc(NC(=O)c2cccc3ccccc23)cc1. The molecular formula is C23H24N2O3. The first-order valence-electron chi connectivity index (χ1n) is 9.18. The molecule has 144 valence electrons. The highest BCUT2D eigenvalue weighted by Gasteiger charge is 2.19. The van der Waals surface area contributed by atoms with Gasteiger partial charge >= 0.3 is 0 Å². The van der Waals surface area contributed by atoms with E-state index >= 15 is 0 Å². The van der Waals surface area contributed by atoms with Gasteiger partial charge in [-0.1, -0.05) is 48.5 Å². The van der Waals surface area contributed by atoms with E-state index in [4.69, 9.17) is 0 Å². The molecule has 0 aliphatic heterocycles. The summed E-state index contributed by atoms with van der Waals surface area (Å²) in [7, 11) is 0. The van der Waals surface area contributed by atoms with Crippen molar-refractivity contribution in [2.75, 3.05) is 11.9 Å². The van der Waals surface area contributed by atoms with E-state index in [-0.39, 0.29) is 24.8 Å². The lowest BCUT2D eigenvalue weighted by atomic mass is 10.0. The largest absolute Gasteiger partial charge is 0.394 e. The zero-order valence-corrected chi connectivity index (χ0v) is 16.0. The molecule has 0 atom stereocenters. The monoisotopic (exact) mass is 376 g/mol. The topological polar surface area (TPSA) is 78.4 Å². The highest BCUT2D eigenvalue weighted by Crippen LogP contribution is 2.20. The summed E-state index contributed by atoms with van der Waals surface area (Å²) >= 11 is 0. The molecule has 3 aromatic carbocycles. The molecule has 3 N–H and O–H groups in total.